The van der Waals surface area contributed by atoms with Gasteiger partial charge in [0, 0.05) is 6.20 Å². The molecule has 1 aromatic heterocycles. The van der Waals surface area contributed by atoms with Crippen molar-refractivity contribution in [3.05, 3.63) is 24.0 Å². The molecule has 0 bridgehead atoms. The summed E-state index contributed by atoms with van der Waals surface area (Å²) in [6.45, 7) is 0. The number of ether oxygens (including phenoxy) is 2. The van der Waals surface area contributed by atoms with Crippen molar-refractivity contribution in [3.8, 4) is 5.75 Å². The summed E-state index contributed by atoms with van der Waals surface area (Å²) in [5, 5.41) is 0. The zero-order valence-corrected chi connectivity index (χ0v) is 9.47. The largest absolute Gasteiger partial charge is 0.495 e. The molecule has 16 heavy (non-hydrogen) atoms. The molecular weight excluding hydrogens is 206 g/mol. The summed E-state index contributed by atoms with van der Waals surface area (Å²) < 4.78 is 10.1. The molecule has 4 heteroatoms. The first-order valence-electron chi connectivity index (χ1n) is 5.34. The van der Waals surface area contributed by atoms with E-state index in [1.165, 1.54) is 7.11 Å². The molecule has 0 radical (unpaired) electrons. The second-order valence-electron chi connectivity index (χ2n) is 3.93. The Kier molecular flexibility index (Phi) is 3.08. The number of hydrogen-bond acceptors (Lipinski definition) is 4. The van der Waals surface area contributed by atoms with Gasteiger partial charge in [-0.2, -0.15) is 0 Å². The van der Waals surface area contributed by atoms with Crippen molar-refractivity contribution in [2.75, 3.05) is 14.2 Å². The highest BCUT2D eigenvalue weighted by Crippen LogP contribution is 2.44. The van der Waals surface area contributed by atoms with E-state index in [1.54, 1.807) is 19.4 Å². The van der Waals surface area contributed by atoms with Crippen LogP contribution in [0, 0.1) is 5.92 Å². The van der Waals surface area contributed by atoms with Gasteiger partial charge in [-0.15, -0.1) is 0 Å². The third kappa shape index (κ3) is 2.01. The number of carbonyl (C=O) groups excluding carboxylic acids is 1. The van der Waals surface area contributed by atoms with Gasteiger partial charge in [0.15, 0.2) is 0 Å². The Labute approximate surface area is 94.6 Å². The minimum Gasteiger partial charge on any atom is -0.495 e. The zero-order chi connectivity index (χ0) is 11.5. The molecule has 1 fully saturated rings. The fraction of sp³-hybridized carbons (Fsp3) is 0.500. The molecule has 4 nitrogen and oxygen atoms in total. The van der Waals surface area contributed by atoms with Crippen LogP contribution >= 0.6 is 0 Å². The molecule has 1 aliphatic rings. The van der Waals surface area contributed by atoms with Crippen LogP contribution < -0.4 is 4.74 Å². The van der Waals surface area contributed by atoms with Gasteiger partial charge < -0.3 is 9.47 Å². The van der Waals surface area contributed by atoms with E-state index in [2.05, 4.69) is 4.98 Å². The van der Waals surface area contributed by atoms with E-state index >= 15 is 0 Å². The lowest BCUT2D eigenvalue weighted by atomic mass is 9.98. The van der Waals surface area contributed by atoms with Gasteiger partial charge in [0.1, 0.15) is 11.7 Å². The van der Waals surface area contributed by atoms with Crippen molar-refractivity contribution in [1.29, 1.82) is 0 Å². The number of nitrogens with zero attached hydrogens (tertiary/aromatic N) is 1. The molecule has 1 aromatic rings. The zero-order valence-electron chi connectivity index (χ0n) is 9.47. The SMILES string of the molecule is COC(=O)C(c1ncccc1OC)C1CC1. The number of esters is 1. The van der Waals surface area contributed by atoms with Crippen LogP contribution in [0.2, 0.25) is 0 Å². The molecule has 86 valence electrons. The van der Waals surface area contributed by atoms with E-state index in [4.69, 9.17) is 9.47 Å². The van der Waals surface area contributed by atoms with E-state index in [1.807, 2.05) is 6.07 Å². The number of aromatic nitrogens is 1. The van der Waals surface area contributed by atoms with Crippen molar-refractivity contribution >= 4 is 5.97 Å². The number of rotatable bonds is 4. The second kappa shape index (κ2) is 4.51. The van der Waals surface area contributed by atoms with Crippen molar-refractivity contribution in [2.24, 2.45) is 5.92 Å². The third-order valence-electron chi connectivity index (χ3n) is 2.86. The maximum Gasteiger partial charge on any atom is 0.315 e. The smallest absolute Gasteiger partial charge is 0.315 e. The van der Waals surface area contributed by atoms with Crippen molar-refractivity contribution in [1.82, 2.24) is 4.98 Å². The van der Waals surface area contributed by atoms with Crippen molar-refractivity contribution in [3.63, 3.8) is 0 Å². The van der Waals surface area contributed by atoms with Crippen LogP contribution in [-0.2, 0) is 9.53 Å². The van der Waals surface area contributed by atoms with Gasteiger partial charge in [-0.3, -0.25) is 9.78 Å². The lowest BCUT2D eigenvalue weighted by molar-refractivity contribution is -0.143. The molecule has 0 saturated heterocycles. The Morgan fingerprint density at radius 1 is 1.50 bits per heavy atom. The molecule has 0 amide bonds. The number of hydrogen-bond donors (Lipinski definition) is 0. The fourth-order valence-corrected chi connectivity index (χ4v) is 1.89. The van der Waals surface area contributed by atoms with Gasteiger partial charge in [0.2, 0.25) is 0 Å². The molecule has 0 aromatic carbocycles. The average Bonchev–Trinajstić information content (AvgIpc) is 3.14. The average molecular weight is 221 g/mol. The monoisotopic (exact) mass is 221 g/mol. The maximum absolute atomic E-state index is 11.7. The van der Waals surface area contributed by atoms with E-state index in [0.717, 1.165) is 12.8 Å². The summed E-state index contributed by atoms with van der Waals surface area (Å²) in [7, 11) is 2.99. The normalized spacial score (nSPS) is 16.6. The number of pyridine rings is 1. The Morgan fingerprint density at radius 3 is 2.81 bits per heavy atom. The number of carbonyl (C=O) groups is 1. The maximum atomic E-state index is 11.7. The highest BCUT2D eigenvalue weighted by Gasteiger charge is 2.40. The van der Waals surface area contributed by atoms with Gasteiger partial charge in [0.25, 0.3) is 0 Å². The standard InChI is InChI=1S/C12H15NO3/c1-15-9-4-3-7-13-11(9)10(8-5-6-8)12(14)16-2/h3-4,7-8,10H,5-6H2,1-2H3. The fourth-order valence-electron chi connectivity index (χ4n) is 1.89. The van der Waals surface area contributed by atoms with Gasteiger partial charge in [-0.1, -0.05) is 0 Å². The van der Waals surface area contributed by atoms with Crippen LogP contribution in [0.15, 0.2) is 18.3 Å². The van der Waals surface area contributed by atoms with E-state index < -0.39 is 0 Å². The first-order valence-corrected chi connectivity index (χ1v) is 5.34. The second-order valence-corrected chi connectivity index (χ2v) is 3.93. The van der Waals surface area contributed by atoms with Crippen LogP contribution in [0.4, 0.5) is 0 Å². The van der Waals surface area contributed by atoms with E-state index in [0.29, 0.717) is 17.4 Å². The molecule has 0 aliphatic heterocycles. The van der Waals surface area contributed by atoms with Crippen molar-refractivity contribution < 1.29 is 14.3 Å². The summed E-state index contributed by atoms with van der Waals surface area (Å²) in [6, 6.07) is 3.62. The molecular formula is C12H15NO3. The minimum atomic E-state index is -0.277. The van der Waals surface area contributed by atoms with Gasteiger partial charge in [0.05, 0.1) is 19.9 Å². The van der Waals surface area contributed by atoms with Crippen LogP contribution in [0.5, 0.6) is 5.75 Å². The predicted molar refractivity (Wildman–Crippen MR) is 58.3 cm³/mol. The van der Waals surface area contributed by atoms with Crippen molar-refractivity contribution in [2.45, 2.75) is 18.8 Å². The molecule has 1 heterocycles. The van der Waals surface area contributed by atoms with E-state index in [-0.39, 0.29) is 11.9 Å². The number of methoxy groups -OCH3 is 2. The summed E-state index contributed by atoms with van der Waals surface area (Å²) >= 11 is 0. The molecule has 1 saturated carbocycles. The van der Waals surface area contributed by atoms with Crippen LogP contribution in [0.25, 0.3) is 0 Å². The van der Waals surface area contributed by atoms with Crippen LogP contribution in [0.1, 0.15) is 24.5 Å². The topological polar surface area (TPSA) is 48.4 Å². The Balaban J connectivity index is 2.34. The molecule has 0 spiro atoms. The van der Waals surface area contributed by atoms with Gasteiger partial charge in [-0.05, 0) is 30.9 Å². The van der Waals surface area contributed by atoms with E-state index in [9.17, 15) is 4.79 Å². The molecule has 1 atom stereocenters. The molecule has 1 unspecified atom stereocenters. The predicted octanol–water partition coefficient (Wildman–Crippen LogP) is 1.76. The molecule has 0 N–H and O–H groups in total. The summed E-state index contributed by atoms with van der Waals surface area (Å²) in [4.78, 5) is 16.0. The lowest BCUT2D eigenvalue weighted by Gasteiger charge is -2.15. The van der Waals surface area contributed by atoms with Crippen LogP contribution in [0.3, 0.4) is 0 Å². The Hall–Kier alpha value is -1.58. The van der Waals surface area contributed by atoms with Crippen LogP contribution in [-0.4, -0.2) is 25.2 Å². The Morgan fingerprint density at radius 2 is 2.25 bits per heavy atom. The quantitative estimate of drug-likeness (QED) is 0.727. The summed E-state index contributed by atoms with van der Waals surface area (Å²) in [5.41, 5.74) is 0.694. The minimum absolute atomic E-state index is 0.223. The first-order chi connectivity index (χ1) is 7.77. The highest BCUT2D eigenvalue weighted by molar-refractivity contribution is 5.79. The molecule has 1 aliphatic carbocycles. The van der Waals surface area contributed by atoms with Gasteiger partial charge >= 0.3 is 5.97 Å². The van der Waals surface area contributed by atoms with Gasteiger partial charge in [-0.25, -0.2) is 0 Å². The molecule has 2 rings (SSSR count). The lowest BCUT2D eigenvalue weighted by Crippen LogP contribution is -2.18. The summed E-state index contributed by atoms with van der Waals surface area (Å²) in [5.74, 6) is 0.515. The highest BCUT2D eigenvalue weighted by atomic mass is 16.5. The third-order valence-corrected chi connectivity index (χ3v) is 2.86. The summed E-state index contributed by atoms with van der Waals surface area (Å²) in [6.07, 6.45) is 3.79. The Bertz CT molecular complexity index is 388. The first kappa shape index (κ1) is 10.9.